The van der Waals surface area contributed by atoms with Crippen molar-refractivity contribution >= 4 is 28.3 Å². The second kappa shape index (κ2) is 12.6. The highest BCUT2D eigenvalue weighted by atomic mass is 32.1. The molecule has 5 rings (SSSR count). The summed E-state index contributed by atoms with van der Waals surface area (Å²) in [7, 11) is 0. The first-order valence-corrected chi connectivity index (χ1v) is 15.2. The van der Waals surface area contributed by atoms with Crippen LogP contribution in [0.5, 0.6) is 0 Å². The molecule has 2 aromatic carbocycles. The Balaban J connectivity index is 1.35. The molecule has 2 aliphatic rings. The molecule has 1 aliphatic heterocycles. The number of hydrogen-bond donors (Lipinski definition) is 4. The van der Waals surface area contributed by atoms with Crippen molar-refractivity contribution in [1.82, 2.24) is 15.2 Å². The number of nitrogens with two attached hydrogens (primary N) is 1. The van der Waals surface area contributed by atoms with Crippen LogP contribution in [0, 0.1) is 11.2 Å². The summed E-state index contributed by atoms with van der Waals surface area (Å²) in [5.41, 5.74) is 2.42. The lowest BCUT2D eigenvalue weighted by Crippen LogP contribution is -2.45. The Morgan fingerprint density at radius 3 is 2.22 bits per heavy atom. The standard InChI is InChI=1S/C30H31F7N6OS/c31-22-3-1-18(2-4-22)19-6-9-43(10-7-19)23-5-8-28(14-23,24-16-45-27(41-24)42-26(38)39)25(44)40-15-17-11-20(29(32,33)34)13-21(12-17)30(35,36)37/h1-4,11-13,16,19,23H,5-10,14-15H2,(H,40,44)(H4,38,39,41,42). The summed E-state index contributed by atoms with van der Waals surface area (Å²) >= 11 is 1.13. The number of halogens is 7. The second-order valence-corrected chi connectivity index (χ2v) is 12.4. The van der Waals surface area contributed by atoms with Crippen molar-refractivity contribution in [3.63, 3.8) is 0 Å². The number of hydrogen-bond acceptors (Lipinski definition) is 5. The molecule has 2 atom stereocenters. The third-order valence-corrected chi connectivity index (χ3v) is 9.40. The van der Waals surface area contributed by atoms with Gasteiger partial charge in [-0.3, -0.25) is 10.2 Å². The average molecular weight is 657 g/mol. The molecular weight excluding hydrogens is 625 g/mol. The number of anilines is 1. The first-order valence-electron chi connectivity index (χ1n) is 14.3. The van der Waals surface area contributed by atoms with Crippen LogP contribution in [0.3, 0.4) is 0 Å². The van der Waals surface area contributed by atoms with E-state index in [4.69, 9.17) is 11.1 Å². The average Bonchev–Trinajstić information content (AvgIpc) is 3.64. The number of likely N-dealkylation sites (tertiary alicyclic amines) is 1. The van der Waals surface area contributed by atoms with E-state index >= 15 is 0 Å². The van der Waals surface area contributed by atoms with Crippen LogP contribution in [-0.4, -0.2) is 40.9 Å². The number of amides is 1. The van der Waals surface area contributed by atoms with E-state index in [9.17, 15) is 35.5 Å². The van der Waals surface area contributed by atoms with Gasteiger partial charge in [-0.1, -0.05) is 12.1 Å². The van der Waals surface area contributed by atoms with Gasteiger partial charge in [-0.05, 0) is 92.6 Å². The Morgan fingerprint density at radius 2 is 1.64 bits per heavy atom. The molecule has 242 valence electrons. The fraction of sp³-hybridized carbons (Fsp3) is 0.433. The van der Waals surface area contributed by atoms with Crippen molar-refractivity contribution in [3.8, 4) is 0 Å². The third-order valence-electron chi connectivity index (χ3n) is 8.65. The van der Waals surface area contributed by atoms with E-state index in [-0.39, 0.29) is 40.5 Å². The highest BCUT2D eigenvalue weighted by molar-refractivity contribution is 7.14. The number of nitrogens with one attached hydrogen (secondary N) is 3. The highest BCUT2D eigenvalue weighted by Gasteiger charge is 2.50. The molecule has 2 unspecified atom stereocenters. The summed E-state index contributed by atoms with van der Waals surface area (Å²) < 4.78 is 93.8. The largest absolute Gasteiger partial charge is 0.416 e. The van der Waals surface area contributed by atoms with Crippen LogP contribution in [-0.2, 0) is 29.1 Å². The lowest BCUT2D eigenvalue weighted by Gasteiger charge is -2.37. The Labute approximate surface area is 258 Å². The van der Waals surface area contributed by atoms with Crippen LogP contribution < -0.4 is 16.4 Å². The Kier molecular flexibility index (Phi) is 9.13. The molecule has 0 bridgehead atoms. The summed E-state index contributed by atoms with van der Waals surface area (Å²) in [5, 5.41) is 14.6. The van der Waals surface area contributed by atoms with Gasteiger partial charge in [-0.2, -0.15) is 26.3 Å². The van der Waals surface area contributed by atoms with E-state index in [2.05, 4.69) is 20.5 Å². The molecular formula is C30H31F7N6OS. The molecule has 1 saturated carbocycles. The number of carbonyl (C=O) groups excluding carboxylic acids is 1. The number of carbonyl (C=O) groups is 1. The number of guanidine groups is 1. The molecule has 1 amide bonds. The van der Waals surface area contributed by atoms with Crippen molar-refractivity contribution in [3.05, 3.63) is 81.6 Å². The number of alkyl halides is 6. The van der Waals surface area contributed by atoms with Gasteiger partial charge in [0.05, 0.1) is 22.2 Å². The monoisotopic (exact) mass is 656 g/mol. The number of rotatable bonds is 7. The smallest absolute Gasteiger partial charge is 0.370 e. The molecule has 1 saturated heterocycles. The van der Waals surface area contributed by atoms with E-state index in [0.29, 0.717) is 37.1 Å². The summed E-state index contributed by atoms with van der Waals surface area (Å²) in [6.45, 7) is 0.927. The van der Waals surface area contributed by atoms with Crippen molar-refractivity contribution in [2.24, 2.45) is 5.73 Å². The van der Waals surface area contributed by atoms with Crippen LogP contribution in [0.2, 0.25) is 0 Å². The van der Waals surface area contributed by atoms with Gasteiger partial charge in [0.25, 0.3) is 0 Å². The zero-order valence-electron chi connectivity index (χ0n) is 23.9. The quantitative estimate of drug-likeness (QED) is 0.130. The lowest BCUT2D eigenvalue weighted by molar-refractivity contribution is -0.143. The predicted molar refractivity (Wildman–Crippen MR) is 155 cm³/mol. The van der Waals surface area contributed by atoms with Gasteiger partial charge in [0.15, 0.2) is 11.1 Å². The van der Waals surface area contributed by atoms with Gasteiger partial charge in [0.1, 0.15) is 5.82 Å². The molecule has 0 spiro atoms. The Bertz CT molecular complexity index is 1500. The number of thiazole rings is 1. The SMILES string of the molecule is N=C(N)Nc1nc(C2(C(=O)NCc3cc(C(F)(F)F)cc(C(F)(F)F)c3)CCC(N3CCC(c4ccc(F)cc4)CC3)C2)cs1. The molecule has 2 fully saturated rings. The fourth-order valence-electron chi connectivity index (χ4n) is 6.36. The molecule has 2 heterocycles. The summed E-state index contributed by atoms with van der Waals surface area (Å²) in [6, 6.07) is 7.68. The minimum absolute atomic E-state index is 0.0266. The van der Waals surface area contributed by atoms with Crippen LogP contribution in [0.1, 0.15) is 66.0 Å². The molecule has 7 nitrogen and oxygen atoms in total. The van der Waals surface area contributed by atoms with Crippen LogP contribution in [0.4, 0.5) is 35.9 Å². The van der Waals surface area contributed by atoms with E-state index in [0.717, 1.165) is 42.8 Å². The van der Waals surface area contributed by atoms with Crippen molar-refractivity contribution in [2.75, 3.05) is 18.4 Å². The maximum atomic E-state index is 13.9. The number of benzene rings is 2. The minimum Gasteiger partial charge on any atom is -0.370 e. The van der Waals surface area contributed by atoms with E-state index in [1.807, 2.05) is 0 Å². The van der Waals surface area contributed by atoms with Gasteiger partial charge in [-0.15, -0.1) is 11.3 Å². The number of nitrogens with zero attached hydrogens (tertiary/aromatic N) is 2. The topological polar surface area (TPSA) is 107 Å². The molecule has 15 heteroatoms. The van der Waals surface area contributed by atoms with Gasteiger partial charge >= 0.3 is 12.4 Å². The van der Waals surface area contributed by atoms with Crippen molar-refractivity contribution < 1.29 is 35.5 Å². The normalized spacial score (nSPS) is 21.5. The summed E-state index contributed by atoms with van der Waals surface area (Å²) in [4.78, 5) is 20.7. The van der Waals surface area contributed by atoms with Gasteiger partial charge in [0.2, 0.25) is 5.91 Å². The van der Waals surface area contributed by atoms with Gasteiger partial charge < -0.3 is 21.3 Å². The maximum Gasteiger partial charge on any atom is 0.416 e. The highest BCUT2D eigenvalue weighted by Crippen LogP contribution is 2.45. The lowest BCUT2D eigenvalue weighted by atomic mass is 9.81. The van der Waals surface area contributed by atoms with Gasteiger partial charge in [-0.25, -0.2) is 9.37 Å². The zero-order chi connectivity index (χ0) is 32.6. The summed E-state index contributed by atoms with van der Waals surface area (Å²) in [5.74, 6) is -0.942. The molecule has 1 aromatic heterocycles. The third kappa shape index (κ3) is 7.40. The number of aromatic nitrogens is 1. The second-order valence-electron chi connectivity index (χ2n) is 11.5. The molecule has 0 radical (unpaired) electrons. The van der Waals surface area contributed by atoms with Crippen LogP contribution >= 0.6 is 11.3 Å². The molecule has 3 aromatic rings. The Morgan fingerprint density at radius 1 is 1.02 bits per heavy atom. The number of piperidine rings is 1. The van der Waals surface area contributed by atoms with Crippen LogP contribution in [0.25, 0.3) is 0 Å². The summed E-state index contributed by atoms with van der Waals surface area (Å²) in [6.07, 6.45) is -7.05. The molecule has 5 N–H and O–H groups in total. The van der Waals surface area contributed by atoms with E-state index in [1.54, 1.807) is 17.5 Å². The van der Waals surface area contributed by atoms with Crippen LogP contribution in [0.15, 0.2) is 47.8 Å². The van der Waals surface area contributed by atoms with Crippen molar-refractivity contribution in [1.29, 1.82) is 5.41 Å². The molecule has 45 heavy (non-hydrogen) atoms. The van der Waals surface area contributed by atoms with Crippen molar-refractivity contribution in [2.45, 2.75) is 68.4 Å². The zero-order valence-corrected chi connectivity index (χ0v) is 24.7. The molecule has 1 aliphatic carbocycles. The predicted octanol–water partition coefficient (Wildman–Crippen LogP) is 6.61. The first-order chi connectivity index (χ1) is 21.1. The van der Waals surface area contributed by atoms with E-state index in [1.165, 1.54) is 12.1 Å². The fourth-order valence-corrected chi connectivity index (χ4v) is 7.18. The minimum atomic E-state index is -5.01. The first kappa shape index (κ1) is 32.7. The van der Waals surface area contributed by atoms with Gasteiger partial charge in [0, 0.05) is 18.0 Å². The Hall–Kier alpha value is -3.72. The van der Waals surface area contributed by atoms with E-state index < -0.39 is 41.3 Å². The maximum absolute atomic E-state index is 13.9.